The molecule has 1 aromatic heterocycles. The molecule has 0 aliphatic carbocycles. The molecule has 0 aliphatic rings. The molecule has 15 heavy (non-hydrogen) atoms. The first-order chi connectivity index (χ1) is 7.07. The zero-order valence-corrected chi connectivity index (χ0v) is 9.92. The molecule has 0 fully saturated rings. The molecule has 0 unspecified atom stereocenters. The topological polar surface area (TPSA) is 63.0 Å². The van der Waals surface area contributed by atoms with Gasteiger partial charge in [-0.2, -0.15) is 0 Å². The van der Waals surface area contributed by atoms with E-state index in [0.29, 0.717) is 18.5 Å². The first kappa shape index (κ1) is 12.0. The van der Waals surface area contributed by atoms with Crippen LogP contribution in [0.3, 0.4) is 0 Å². The maximum atomic E-state index is 5.37. The van der Waals surface area contributed by atoms with Crippen LogP contribution in [0.25, 0.3) is 0 Å². The number of nitrogens with one attached hydrogen (secondary N) is 2. The van der Waals surface area contributed by atoms with Crippen molar-refractivity contribution in [3.05, 3.63) is 5.89 Å². The van der Waals surface area contributed by atoms with Gasteiger partial charge in [0.1, 0.15) is 0 Å². The van der Waals surface area contributed by atoms with E-state index in [0.717, 1.165) is 13.0 Å². The van der Waals surface area contributed by atoms with Crippen LogP contribution in [0.15, 0.2) is 4.42 Å². The summed E-state index contributed by atoms with van der Waals surface area (Å²) in [6.45, 7) is 8.01. The highest BCUT2D eigenvalue weighted by Crippen LogP contribution is 2.19. The van der Waals surface area contributed by atoms with Gasteiger partial charge in [-0.3, -0.25) is 0 Å². The summed E-state index contributed by atoms with van der Waals surface area (Å²) in [4.78, 5) is 0. The first-order valence-corrected chi connectivity index (χ1v) is 5.28. The standard InChI is InChI=1S/C10H20N4O/c1-5-10(2,3)7-12-9-14-13-8(15-9)6-11-4/h11H,5-7H2,1-4H3,(H,12,14). The highest BCUT2D eigenvalue weighted by molar-refractivity contribution is 5.17. The number of nitrogens with zero attached hydrogens (tertiary/aromatic N) is 2. The van der Waals surface area contributed by atoms with E-state index >= 15 is 0 Å². The van der Waals surface area contributed by atoms with Crippen LogP contribution in [-0.2, 0) is 6.54 Å². The third kappa shape index (κ3) is 3.87. The molecular formula is C10H20N4O. The summed E-state index contributed by atoms with van der Waals surface area (Å²) in [6.07, 6.45) is 1.11. The number of hydrogen-bond acceptors (Lipinski definition) is 5. The Morgan fingerprint density at radius 1 is 1.33 bits per heavy atom. The Hall–Kier alpha value is -1.10. The molecule has 0 saturated heterocycles. The lowest BCUT2D eigenvalue weighted by Gasteiger charge is -2.21. The van der Waals surface area contributed by atoms with Crippen LogP contribution in [0.5, 0.6) is 0 Å². The van der Waals surface area contributed by atoms with E-state index in [1.54, 1.807) is 0 Å². The molecule has 1 rings (SSSR count). The third-order valence-electron chi connectivity index (χ3n) is 2.47. The predicted molar refractivity (Wildman–Crippen MR) is 59.6 cm³/mol. The van der Waals surface area contributed by atoms with Crippen LogP contribution < -0.4 is 10.6 Å². The maximum Gasteiger partial charge on any atom is 0.315 e. The summed E-state index contributed by atoms with van der Waals surface area (Å²) in [5.74, 6) is 0.606. The first-order valence-electron chi connectivity index (χ1n) is 5.28. The average molecular weight is 212 g/mol. The highest BCUT2D eigenvalue weighted by Gasteiger charge is 2.16. The Morgan fingerprint density at radius 3 is 2.67 bits per heavy atom. The van der Waals surface area contributed by atoms with Gasteiger partial charge in [0.15, 0.2) is 0 Å². The fourth-order valence-electron chi connectivity index (χ4n) is 0.988. The number of rotatable bonds is 6. The SMILES string of the molecule is CCC(C)(C)CNc1nnc(CNC)o1. The highest BCUT2D eigenvalue weighted by atomic mass is 16.4. The van der Waals surface area contributed by atoms with Crippen molar-refractivity contribution >= 4 is 6.01 Å². The lowest BCUT2D eigenvalue weighted by atomic mass is 9.90. The molecule has 0 bridgehead atoms. The minimum Gasteiger partial charge on any atom is -0.407 e. The average Bonchev–Trinajstić information content (AvgIpc) is 2.64. The van der Waals surface area contributed by atoms with Crippen LogP contribution >= 0.6 is 0 Å². The van der Waals surface area contributed by atoms with E-state index in [1.807, 2.05) is 7.05 Å². The largest absolute Gasteiger partial charge is 0.407 e. The van der Waals surface area contributed by atoms with E-state index in [4.69, 9.17) is 4.42 Å². The van der Waals surface area contributed by atoms with Gasteiger partial charge in [-0.25, -0.2) is 0 Å². The lowest BCUT2D eigenvalue weighted by Crippen LogP contribution is -2.22. The molecule has 1 heterocycles. The second-order valence-electron chi connectivity index (χ2n) is 4.40. The Balaban J connectivity index is 2.44. The van der Waals surface area contributed by atoms with E-state index in [9.17, 15) is 0 Å². The molecule has 5 heteroatoms. The summed E-state index contributed by atoms with van der Waals surface area (Å²) >= 11 is 0. The molecule has 0 aromatic carbocycles. The molecule has 0 atom stereocenters. The number of aromatic nitrogens is 2. The van der Waals surface area contributed by atoms with Gasteiger partial charge >= 0.3 is 6.01 Å². The summed E-state index contributed by atoms with van der Waals surface area (Å²) in [7, 11) is 1.84. The normalized spacial score (nSPS) is 11.7. The second-order valence-corrected chi connectivity index (χ2v) is 4.40. The monoisotopic (exact) mass is 212 g/mol. The fraction of sp³-hybridized carbons (Fsp3) is 0.800. The van der Waals surface area contributed by atoms with Crippen molar-refractivity contribution in [2.75, 3.05) is 18.9 Å². The van der Waals surface area contributed by atoms with Crippen LogP contribution in [0.4, 0.5) is 6.01 Å². The van der Waals surface area contributed by atoms with E-state index in [-0.39, 0.29) is 5.41 Å². The molecule has 0 spiro atoms. The van der Waals surface area contributed by atoms with Crippen molar-refractivity contribution in [1.29, 1.82) is 0 Å². The molecule has 86 valence electrons. The van der Waals surface area contributed by atoms with Gasteiger partial charge in [0, 0.05) is 6.54 Å². The summed E-state index contributed by atoms with van der Waals surface area (Å²) in [6, 6.07) is 0.502. The van der Waals surface area contributed by atoms with Gasteiger partial charge < -0.3 is 15.1 Å². The number of hydrogen-bond donors (Lipinski definition) is 2. The zero-order valence-electron chi connectivity index (χ0n) is 9.92. The van der Waals surface area contributed by atoms with Crippen molar-refractivity contribution in [3.8, 4) is 0 Å². The van der Waals surface area contributed by atoms with E-state index < -0.39 is 0 Å². The number of anilines is 1. The Labute approximate surface area is 90.7 Å². The van der Waals surface area contributed by atoms with Crippen molar-refractivity contribution in [1.82, 2.24) is 15.5 Å². The molecule has 2 N–H and O–H groups in total. The van der Waals surface area contributed by atoms with Gasteiger partial charge in [-0.1, -0.05) is 25.9 Å². The molecule has 0 saturated carbocycles. The summed E-state index contributed by atoms with van der Waals surface area (Å²) in [5, 5.41) is 13.9. The van der Waals surface area contributed by atoms with Gasteiger partial charge in [-0.05, 0) is 18.9 Å². The molecule has 1 aromatic rings. The fourth-order valence-corrected chi connectivity index (χ4v) is 0.988. The van der Waals surface area contributed by atoms with Gasteiger partial charge in [0.05, 0.1) is 6.54 Å². The summed E-state index contributed by atoms with van der Waals surface area (Å²) < 4.78 is 5.37. The predicted octanol–water partition coefficient (Wildman–Crippen LogP) is 1.64. The van der Waals surface area contributed by atoms with Crippen LogP contribution in [-0.4, -0.2) is 23.8 Å². The molecule has 0 aliphatic heterocycles. The maximum absolute atomic E-state index is 5.37. The Morgan fingerprint density at radius 2 is 2.07 bits per heavy atom. The molecule has 0 radical (unpaired) electrons. The van der Waals surface area contributed by atoms with Gasteiger partial charge in [-0.15, -0.1) is 5.10 Å². The van der Waals surface area contributed by atoms with Gasteiger partial charge in [0.2, 0.25) is 5.89 Å². The van der Waals surface area contributed by atoms with Crippen LogP contribution in [0.2, 0.25) is 0 Å². The molecular weight excluding hydrogens is 192 g/mol. The Bertz CT molecular complexity index is 295. The van der Waals surface area contributed by atoms with E-state index in [2.05, 4.69) is 41.6 Å². The third-order valence-corrected chi connectivity index (χ3v) is 2.47. The van der Waals surface area contributed by atoms with Crippen molar-refractivity contribution in [3.63, 3.8) is 0 Å². The second kappa shape index (κ2) is 5.11. The quantitative estimate of drug-likeness (QED) is 0.750. The summed E-state index contributed by atoms with van der Waals surface area (Å²) in [5.41, 5.74) is 0.248. The minimum absolute atomic E-state index is 0.248. The smallest absolute Gasteiger partial charge is 0.315 e. The molecule has 5 nitrogen and oxygen atoms in total. The van der Waals surface area contributed by atoms with Crippen LogP contribution in [0, 0.1) is 5.41 Å². The van der Waals surface area contributed by atoms with Gasteiger partial charge in [0.25, 0.3) is 0 Å². The van der Waals surface area contributed by atoms with E-state index in [1.165, 1.54) is 0 Å². The van der Waals surface area contributed by atoms with Crippen molar-refractivity contribution < 1.29 is 4.42 Å². The van der Waals surface area contributed by atoms with Crippen molar-refractivity contribution in [2.45, 2.75) is 33.7 Å². The minimum atomic E-state index is 0.248. The van der Waals surface area contributed by atoms with Crippen molar-refractivity contribution in [2.24, 2.45) is 5.41 Å². The Kier molecular flexibility index (Phi) is 4.08. The zero-order chi connectivity index (χ0) is 11.3. The molecule has 0 amide bonds. The lowest BCUT2D eigenvalue weighted by molar-refractivity contribution is 0.370. The van der Waals surface area contributed by atoms with Crippen LogP contribution in [0.1, 0.15) is 33.1 Å².